The maximum Gasteiger partial charge on any atom is 0.0705 e. The SMILES string of the molecule is Cc1nc2ccccc2cc1C1=CCCCC1. The molecule has 1 aliphatic rings. The van der Waals surface area contributed by atoms with E-state index in [4.69, 9.17) is 4.98 Å². The van der Waals surface area contributed by atoms with E-state index in [9.17, 15) is 0 Å². The molecule has 1 heteroatoms. The van der Waals surface area contributed by atoms with Gasteiger partial charge < -0.3 is 0 Å². The number of hydrogen-bond donors (Lipinski definition) is 0. The molecule has 1 heterocycles. The Labute approximate surface area is 102 Å². The second-order valence-electron chi connectivity index (χ2n) is 4.79. The summed E-state index contributed by atoms with van der Waals surface area (Å²) in [5.74, 6) is 0. The molecule has 1 aromatic heterocycles. The van der Waals surface area contributed by atoms with Crippen LogP contribution < -0.4 is 0 Å². The van der Waals surface area contributed by atoms with Crippen molar-refractivity contribution in [2.24, 2.45) is 0 Å². The lowest BCUT2D eigenvalue weighted by Crippen LogP contribution is -1.97. The van der Waals surface area contributed by atoms with Crippen LogP contribution in [0.5, 0.6) is 0 Å². The summed E-state index contributed by atoms with van der Waals surface area (Å²) in [4.78, 5) is 4.71. The predicted molar refractivity (Wildman–Crippen MR) is 72.9 cm³/mol. The molecule has 0 aliphatic heterocycles. The van der Waals surface area contributed by atoms with Gasteiger partial charge in [-0.1, -0.05) is 24.3 Å². The zero-order valence-electron chi connectivity index (χ0n) is 10.2. The topological polar surface area (TPSA) is 12.9 Å². The number of pyridine rings is 1. The van der Waals surface area contributed by atoms with Crippen LogP contribution >= 0.6 is 0 Å². The molecule has 0 amide bonds. The van der Waals surface area contributed by atoms with Crippen LogP contribution in [0.3, 0.4) is 0 Å². The average molecular weight is 223 g/mol. The van der Waals surface area contributed by atoms with E-state index in [0.717, 1.165) is 11.2 Å². The van der Waals surface area contributed by atoms with Gasteiger partial charge in [-0.3, -0.25) is 4.98 Å². The molecule has 0 fully saturated rings. The first-order valence-electron chi connectivity index (χ1n) is 6.40. The molecule has 17 heavy (non-hydrogen) atoms. The third kappa shape index (κ3) is 1.97. The molecule has 0 unspecified atom stereocenters. The first-order valence-corrected chi connectivity index (χ1v) is 6.40. The molecule has 1 aliphatic carbocycles. The Morgan fingerprint density at radius 1 is 1.12 bits per heavy atom. The highest BCUT2D eigenvalue weighted by molar-refractivity contribution is 5.83. The fourth-order valence-electron chi connectivity index (χ4n) is 2.62. The number of rotatable bonds is 1. The zero-order chi connectivity index (χ0) is 11.7. The molecule has 0 saturated heterocycles. The molecule has 0 N–H and O–H groups in total. The standard InChI is InChI=1S/C16H17N/c1-12-15(13-7-3-2-4-8-13)11-14-9-5-6-10-16(14)17-12/h5-7,9-11H,2-4,8H2,1H3. The van der Waals surface area contributed by atoms with Crippen LogP contribution in [0.25, 0.3) is 16.5 Å². The number of hydrogen-bond acceptors (Lipinski definition) is 1. The highest BCUT2D eigenvalue weighted by atomic mass is 14.7. The maximum absolute atomic E-state index is 4.71. The van der Waals surface area contributed by atoms with Crippen molar-refractivity contribution in [2.45, 2.75) is 32.6 Å². The van der Waals surface area contributed by atoms with E-state index in [1.165, 1.54) is 42.2 Å². The molecular weight excluding hydrogens is 206 g/mol. The van der Waals surface area contributed by atoms with E-state index >= 15 is 0 Å². The summed E-state index contributed by atoms with van der Waals surface area (Å²) in [6.07, 6.45) is 7.48. The van der Waals surface area contributed by atoms with Gasteiger partial charge in [-0.05, 0) is 55.9 Å². The van der Waals surface area contributed by atoms with E-state index in [1.54, 1.807) is 0 Å². The third-order valence-corrected chi connectivity index (χ3v) is 3.55. The van der Waals surface area contributed by atoms with Gasteiger partial charge in [-0.2, -0.15) is 0 Å². The highest BCUT2D eigenvalue weighted by Gasteiger charge is 2.10. The molecule has 1 aromatic carbocycles. The molecule has 0 bridgehead atoms. The van der Waals surface area contributed by atoms with Gasteiger partial charge in [-0.15, -0.1) is 0 Å². The minimum absolute atomic E-state index is 1.10. The molecule has 0 saturated carbocycles. The van der Waals surface area contributed by atoms with Gasteiger partial charge in [0.2, 0.25) is 0 Å². The summed E-state index contributed by atoms with van der Waals surface area (Å²) < 4.78 is 0. The highest BCUT2D eigenvalue weighted by Crippen LogP contribution is 2.30. The summed E-state index contributed by atoms with van der Waals surface area (Å²) in [6, 6.07) is 10.7. The van der Waals surface area contributed by atoms with Crippen molar-refractivity contribution in [3.05, 3.63) is 47.7 Å². The molecule has 3 rings (SSSR count). The molecule has 0 atom stereocenters. The summed E-state index contributed by atoms with van der Waals surface area (Å²) in [6.45, 7) is 2.12. The summed E-state index contributed by atoms with van der Waals surface area (Å²) in [5.41, 5.74) is 5.11. The molecule has 0 radical (unpaired) electrons. The molecule has 1 nitrogen and oxygen atoms in total. The van der Waals surface area contributed by atoms with Crippen molar-refractivity contribution in [3.8, 4) is 0 Å². The van der Waals surface area contributed by atoms with Crippen LogP contribution in [-0.2, 0) is 0 Å². The van der Waals surface area contributed by atoms with Crippen LogP contribution in [0.15, 0.2) is 36.4 Å². The quantitative estimate of drug-likeness (QED) is 0.693. The minimum atomic E-state index is 1.10. The van der Waals surface area contributed by atoms with Crippen molar-refractivity contribution >= 4 is 16.5 Å². The lowest BCUT2D eigenvalue weighted by molar-refractivity contribution is 0.741. The van der Waals surface area contributed by atoms with Crippen molar-refractivity contribution in [3.63, 3.8) is 0 Å². The first-order chi connectivity index (χ1) is 8.34. The number of aryl methyl sites for hydroxylation is 1. The maximum atomic E-state index is 4.71. The lowest BCUT2D eigenvalue weighted by Gasteiger charge is -2.15. The predicted octanol–water partition coefficient (Wildman–Crippen LogP) is 4.50. The number of benzene rings is 1. The van der Waals surface area contributed by atoms with Crippen molar-refractivity contribution in [1.82, 2.24) is 4.98 Å². The summed E-state index contributed by atoms with van der Waals surface area (Å²) in [5, 5.41) is 1.25. The second-order valence-corrected chi connectivity index (χ2v) is 4.79. The van der Waals surface area contributed by atoms with Gasteiger partial charge in [0.15, 0.2) is 0 Å². The summed E-state index contributed by atoms with van der Waals surface area (Å²) >= 11 is 0. The van der Waals surface area contributed by atoms with Crippen LogP contribution in [0.4, 0.5) is 0 Å². The second kappa shape index (κ2) is 4.33. The molecule has 2 aromatic rings. The van der Waals surface area contributed by atoms with Crippen molar-refractivity contribution < 1.29 is 0 Å². The van der Waals surface area contributed by atoms with Gasteiger partial charge in [0.05, 0.1) is 5.52 Å². The van der Waals surface area contributed by atoms with Gasteiger partial charge >= 0.3 is 0 Å². The lowest BCUT2D eigenvalue weighted by atomic mass is 9.92. The summed E-state index contributed by atoms with van der Waals surface area (Å²) in [7, 11) is 0. The Morgan fingerprint density at radius 3 is 2.82 bits per heavy atom. The van der Waals surface area contributed by atoms with Crippen LogP contribution in [0.1, 0.15) is 36.9 Å². The Bertz CT molecular complexity index is 581. The number of para-hydroxylation sites is 1. The zero-order valence-corrected chi connectivity index (χ0v) is 10.2. The van der Waals surface area contributed by atoms with E-state index in [2.05, 4.69) is 37.3 Å². The van der Waals surface area contributed by atoms with Gasteiger partial charge in [0.1, 0.15) is 0 Å². The fourth-order valence-corrected chi connectivity index (χ4v) is 2.62. The number of aromatic nitrogens is 1. The smallest absolute Gasteiger partial charge is 0.0705 e. The number of fused-ring (bicyclic) bond motifs is 1. The molecule has 0 spiro atoms. The van der Waals surface area contributed by atoms with Gasteiger partial charge in [0.25, 0.3) is 0 Å². The Kier molecular flexibility index (Phi) is 2.68. The minimum Gasteiger partial charge on any atom is -0.253 e. The van der Waals surface area contributed by atoms with Crippen LogP contribution in [-0.4, -0.2) is 4.98 Å². The largest absolute Gasteiger partial charge is 0.253 e. The van der Waals surface area contributed by atoms with E-state index in [-0.39, 0.29) is 0 Å². The monoisotopic (exact) mass is 223 g/mol. The average Bonchev–Trinajstić information content (AvgIpc) is 2.39. The number of nitrogens with zero attached hydrogens (tertiary/aromatic N) is 1. The first kappa shape index (κ1) is 10.5. The Balaban J connectivity index is 2.15. The number of allylic oxidation sites excluding steroid dienone is 2. The van der Waals surface area contributed by atoms with Crippen LogP contribution in [0, 0.1) is 6.92 Å². The molecular formula is C16H17N. The molecule has 86 valence electrons. The van der Waals surface area contributed by atoms with E-state index in [0.29, 0.717) is 0 Å². The third-order valence-electron chi connectivity index (χ3n) is 3.55. The van der Waals surface area contributed by atoms with Gasteiger partial charge in [-0.25, -0.2) is 0 Å². The normalized spacial score (nSPS) is 15.9. The Morgan fingerprint density at radius 2 is 2.00 bits per heavy atom. The van der Waals surface area contributed by atoms with Gasteiger partial charge in [0, 0.05) is 11.1 Å². The van der Waals surface area contributed by atoms with Crippen molar-refractivity contribution in [1.29, 1.82) is 0 Å². The van der Waals surface area contributed by atoms with E-state index in [1.807, 2.05) is 6.07 Å². The van der Waals surface area contributed by atoms with Crippen molar-refractivity contribution in [2.75, 3.05) is 0 Å². The fraction of sp³-hybridized carbons (Fsp3) is 0.312. The Hall–Kier alpha value is -1.63. The van der Waals surface area contributed by atoms with Crippen LogP contribution in [0.2, 0.25) is 0 Å². The van der Waals surface area contributed by atoms with E-state index < -0.39 is 0 Å².